The zero-order chi connectivity index (χ0) is 23.6. The molecule has 3 rings (SSSR count). The van der Waals surface area contributed by atoms with Crippen LogP contribution in [0.3, 0.4) is 0 Å². The largest absolute Gasteiger partial charge is 0.456 e. The summed E-state index contributed by atoms with van der Waals surface area (Å²) in [4.78, 5) is 15.5. The van der Waals surface area contributed by atoms with Crippen LogP contribution >= 0.6 is 11.6 Å². The van der Waals surface area contributed by atoms with Crippen molar-refractivity contribution in [3.05, 3.63) is 58.9 Å². The number of amides is 1. The number of carbonyl (C=O) groups is 1. The van der Waals surface area contributed by atoms with Gasteiger partial charge in [0, 0.05) is 34.6 Å². The van der Waals surface area contributed by atoms with Gasteiger partial charge < -0.3 is 9.32 Å². The van der Waals surface area contributed by atoms with Crippen molar-refractivity contribution in [1.82, 2.24) is 4.90 Å². The van der Waals surface area contributed by atoms with Crippen LogP contribution in [0.25, 0.3) is 22.3 Å². The Kier molecular flexibility index (Phi) is 9.80. The third-order valence-electron chi connectivity index (χ3n) is 6.10. The van der Waals surface area contributed by atoms with Crippen molar-refractivity contribution in [2.45, 2.75) is 71.6 Å². The van der Waals surface area contributed by atoms with Crippen LogP contribution in [0.2, 0.25) is 5.02 Å². The third kappa shape index (κ3) is 7.07. The van der Waals surface area contributed by atoms with E-state index < -0.39 is 0 Å². The maximum atomic E-state index is 13.5. The van der Waals surface area contributed by atoms with Crippen LogP contribution in [0.15, 0.2) is 46.9 Å². The van der Waals surface area contributed by atoms with Gasteiger partial charge in [0.15, 0.2) is 0 Å². The van der Waals surface area contributed by atoms with Crippen LogP contribution in [0, 0.1) is 5.82 Å². The third-order valence-corrected chi connectivity index (χ3v) is 6.34. The molecule has 3 nitrogen and oxygen atoms in total. The fourth-order valence-electron chi connectivity index (χ4n) is 4.21. The second kappa shape index (κ2) is 12.8. The second-order valence-corrected chi connectivity index (χ2v) is 9.17. The molecule has 0 bridgehead atoms. The first kappa shape index (κ1) is 25.3. The maximum Gasteiger partial charge on any atom is 0.227 e. The van der Waals surface area contributed by atoms with Gasteiger partial charge in [0.25, 0.3) is 0 Å². The molecule has 0 spiro atoms. The summed E-state index contributed by atoms with van der Waals surface area (Å²) in [6.07, 6.45) is 9.30. The first-order valence-corrected chi connectivity index (χ1v) is 12.7. The van der Waals surface area contributed by atoms with E-state index in [2.05, 4.69) is 13.8 Å². The van der Waals surface area contributed by atoms with Crippen molar-refractivity contribution in [2.75, 3.05) is 13.1 Å². The van der Waals surface area contributed by atoms with Gasteiger partial charge in [-0.05, 0) is 55.3 Å². The van der Waals surface area contributed by atoms with Crippen LogP contribution < -0.4 is 0 Å². The minimum atomic E-state index is -0.305. The summed E-state index contributed by atoms with van der Waals surface area (Å²) >= 11 is 6.28. The average Bonchev–Trinajstić information content (AvgIpc) is 3.15. The van der Waals surface area contributed by atoms with Crippen molar-refractivity contribution in [3.63, 3.8) is 0 Å². The number of furan rings is 1. The van der Waals surface area contributed by atoms with Crippen molar-refractivity contribution < 1.29 is 13.6 Å². The molecule has 33 heavy (non-hydrogen) atoms. The molecule has 0 aliphatic carbocycles. The highest BCUT2D eigenvalue weighted by molar-refractivity contribution is 6.31. The topological polar surface area (TPSA) is 33.5 Å². The molecule has 0 saturated carbocycles. The molecule has 0 unspecified atom stereocenters. The molecule has 1 aromatic heterocycles. The van der Waals surface area contributed by atoms with Crippen LogP contribution in [-0.2, 0) is 11.2 Å². The summed E-state index contributed by atoms with van der Waals surface area (Å²) in [5, 5.41) is 1.44. The zero-order valence-corrected chi connectivity index (χ0v) is 20.6. The maximum absolute atomic E-state index is 13.5. The first-order chi connectivity index (χ1) is 16.0. The van der Waals surface area contributed by atoms with E-state index in [0.29, 0.717) is 16.4 Å². The standard InChI is InChI=1S/C28H35ClFNO2/c1-3-5-7-9-17-31(18-10-8-6-4-2)27(32)20-25-24-19-22(29)13-16-26(24)33-28(25)21-11-14-23(30)15-12-21/h11-16,19H,3-10,17-18,20H2,1-2H3. The lowest BCUT2D eigenvalue weighted by molar-refractivity contribution is -0.130. The fourth-order valence-corrected chi connectivity index (χ4v) is 4.39. The summed E-state index contributed by atoms with van der Waals surface area (Å²) in [6.45, 7) is 5.96. The van der Waals surface area contributed by atoms with Gasteiger partial charge in [-0.15, -0.1) is 0 Å². The molecule has 5 heteroatoms. The van der Waals surface area contributed by atoms with Gasteiger partial charge in [0.1, 0.15) is 17.2 Å². The van der Waals surface area contributed by atoms with E-state index in [4.69, 9.17) is 16.0 Å². The number of hydrogen-bond acceptors (Lipinski definition) is 2. The summed E-state index contributed by atoms with van der Waals surface area (Å²) in [6, 6.07) is 11.7. The molecule has 0 radical (unpaired) electrons. The molecule has 2 aromatic carbocycles. The van der Waals surface area contributed by atoms with Crippen molar-refractivity contribution >= 4 is 28.5 Å². The summed E-state index contributed by atoms with van der Waals surface area (Å²) in [7, 11) is 0. The Morgan fingerprint density at radius 1 is 0.909 bits per heavy atom. The highest BCUT2D eigenvalue weighted by Crippen LogP contribution is 2.35. The molecular weight excluding hydrogens is 437 g/mol. The lowest BCUT2D eigenvalue weighted by atomic mass is 10.0. The molecule has 3 aromatic rings. The van der Waals surface area contributed by atoms with Gasteiger partial charge in [-0.2, -0.15) is 0 Å². The molecule has 0 aliphatic rings. The number of hydrogen-bond donors (Lipinski definition) is 0. The number of halogens is 2. The smallest absolute Gasteiger partial charge is 0.227 e. The number of benzene rings is 2. The number of rotatable bonds is 13. The minimum absolute atomic E-state index is 0.106. The van der Waals surface area contributed by atoms with Gasteiger partial charge in [0.2, 0.25) is 5.91 Å². The van der Waals surface area contributed by atoms with E-state index in [1.54, 1.807) is 18.2 Å². The van der Waals surface area contributed by atoms with Crippen molar-refractivity contribution in [1.29, 1.82) is 0 Å². The van der Waals surface area contributed by atoms with Gasteiger partial charge in [-0.1, -0.05) is 64.0 Å². The molecule has 1 amide bonds. The van der Waals surface area contributed by atoms with E-state index in [9.17, 15) is 9.18 Å². The molecule has 0 saturated heterocycles. The quantitative estimate of drug-likeness (QED) is 0.234. The van der Waals surface area contributed by atoms with E-state index in [1.165, 1.54) is 37.8 Å². The Morgan fingerprint density at radius 2 is 1.55 bits per heavy atom. The minimum Gasteiger partial charge on any atom is -0.456 e. The summed E-state index contributed by atoms with van der Waals surface area (Å²) in [5.74, 6) is 0.410. The Labute approximate surface area is 201 Å². The second-order valence-electron chi connectivity index (χ2n) is 8.74. The van der Waals surface area contributed by atoms with Crippen LogP contribution in [0.1, 0.15) is 70.8 Å². The summed E-state index contributed by atoms with van der Waals surface area (Å²) < 4.78 is 19.6. The Balaban J connectivity index is 1.87. The number of carbonyl (C=O) groups excluding carboxylic acids is 1. The monoisotopic (exact) mass is 471 g/mol. The van der Waals surface area contributed by atoms with Crippen molar-refractivity contribution in [2.24, 2.45) is 0 Å². The van der Waals surface area contributed by atoms with Gasteiger partial charge >= 0.3 is 0 Å². The predicted molar refractivity (Wildman–Crippen MR) is 135 cm³/mol. The van der Waals surface area contributed by atoms with Crippen LogP contribution in [0.5, 0.6) is 0 Å². The molecule has 178 valence electrons. The molecular formula is C28H35ClFNO2. The van der Waals surface area contributed by atoms with Gasteiger partial charge in [-0.3, -0.25) is 4.79 Å². The number of unbranched alkanes of at least 4 members (excludes halogenated alkanes) is 6. The van der Waals surface area contributed by atoms with Crippen LogP contribution in [-0.4, -0.2) is 23.9 Å². The Hall–Kier alpha value is -2.33. The number of fused-ring (bicyclic) bond motifs is 1. The summed E-state index contributed by atoms with van der Waals surface area (Å²) in [5.41, 5.74) is 2.25. The Morgan fingerprint density at radius 3 is 2.15 bits per heavy atom. The van der Waals surface area contributed by atoms with E-state index in [-0.39, 0.29) is 18.1 Å². The lowest BCUT2D eigenvalue weighted by Crippen LogP contribution is -2.34. The highest BCUT2D eigenvalue weighted by Gasteiger charge is 2.22. The highest BCUT2D eigenvalue weighted by atomic mass is 35.5. The van der Waals surface area contributed by atoms with E-state index in [1.807, 2.05) is 17.0 Å². The van der Waals surface area contributed by atoms with Crippen molar-refractivity contribution in [3.8, 4) is 11.3 Å². The predicted octanol–water partition coefficient (Wildman–Crippen LogP) is 8.42. The molecule has 0 N–H and O–H groups in total. The molecule has 0 fully saturated rings. The lowest BCUT2D eigenvalue weighted by Gasteiger charge is -2.23. The normalized spacial score (nSPS) is 11.3. The van der Waals surface area contributed by atoms with Crippen LogP contribution in [0.4, 0.5) is 4.39 Å². The SMILES string of the molecule is CCCCCCN(CCCCCC)C(=O)Cc1c(-c2ccc(F)cc2)oc2ccc(Cl)cc12. The van der Waals surface area contributed by atoms with Gasteiger partial charge in [-0.25, -0.2) is 4.39 Å². The molecule has 1 heterocycles. The Bertz CT molecular complexity index is 1020. The van der Waals surface area contributed by atoms with E-state index >= 15 is 0 Å². The first-order valence-electron chi connectivity index (χ1n) is 12.3. The van der Waals surface area contributed by atoms with Gasteiger partial charge in [0.05, 0.1) is 6.42 Å². The molecule has 0 atom stereocenters. The number of nitrogens with zero attached hydrogens (tertiary/aromatic N) is 1. The fraction of sp³-hybridized carbons (Fsp3) is 0.464. The average molecular weight is 472 g/mol. The molecule has 0 aliphatic heterocycles. The zero-order valence-electron chi connectivity index (χ0n) is 19.8. The van der Waals surface area contributed by atoms with E-state index in [0.717, 1.165) is 55.3 Å².